The SMILES string of the molecule is CCC(C)c1ccccc1NC(=O)c1ccc(CSC)cc1. The maximum absolute atomic E-state index is 12.4. The maximum atomic E-state index is 12.4. The Labute approximate surface area is 137 Å². The van der Waals surface area contributed by atoms with Crippen LogP contribution in [0.25, 0.3) is 0 Å². The molecule has 0 aliphatic heterocycles. The summed E-state index contributed by atoms with van der Waals surface area (Å²) in [5.74, 6) is 1.35. The molecule has 0 aliphatic rings. The summed E-state index contributed by atoms with van der Waals surface area (Å²) in [6.07, 6.45) is 3.13. The van der Waals surface area contributed by atoms with Crippen molar-refractivity contribution in [1.29, 1.82) is 0 Å². The summed E-state index contributed by atoms with van der Waals surface area (Å²) >= 11 is 1.78. The Balaban J connectivity index is 2.15. The van der Waals surface area contributed by atoms with Crippen LogP contribution in [0.4, 0.5) is 5.69 Å². The van der Waals surface area contributed by atoms with Gasteiger partial charge >= 0.3 is 0 Å². The zero-order chi connectivity index (χ0) is 15.9. The minimum absolute atomic E-state index is 0.0496. The van der Waals surface area contributed by atoms with Gasteiger partial charge in [-0.05, 0) is 47.9 Å². The Kier molecular flexibility index (Phi) is 6.08. The third kappa shape index (κ3) is 4.14. The van der Waals surface area contributed by atoms with E-state index in [1.54, 1.807) is 11.8 Å². The molecule has 0 saturated carbocycles. The van der Waals surface area contributed by atoms with Crippen molar-refractivity contribution in [3.05, 3.63) is 65.2 Å². The second-order valence-electron chi connectivity index (χ2n) is 5.48. The van der Waals surface area contributed by atoms with Gasteiger partial charge < -0.3 is 5.32 Å². The molecule has 1 amide bonds. The maximum Gasteiger partial charge on any atom is 0.255 e. The van der Waals surface area contributed by atoms with E-state index in [1.165, 1.54) is 11.1 Å². The van der Waals surface area contributed by atoms with Gasteiger partial charge in [-0.15, -0.1) is 0 Å². The third-order valence-electron chi connectivity index (χ3n) is 3.88. The van der Waals surface area contributed by atoms with E-state index in [1.807, 2.05) is 42.5 Å². The largest absolute Gasteiger partial charge is 0.322 e. The molecule has 0 heterocycles. The topological polar surface area (TPSA) is 29.1 Å². The molecule has 2 aromatic rings. The first kappa shape index (κ1) is 16.6. The van der Waals surface area contributed by atoms with Gasteiger partial charge in [-0.25, -0.2) is 0 Å². The number of para-hydroxylation sites is 1. The number of benzene rings is 2. The molecule has 2 rings (SSSR count). The van der Waals surface area contributed by atoms with Crippen molar-refractivity contribution >= 4 is 23.4 Å². The molecule has 3 heteroatoms. The molecule has 0 bridgehead atoms. The molecule has 116 valence electrons. The number of hydrogen-bond donors (Lipinski definition) is 1. The Morgan fingerprint density at radius 3 is 2.45 bits per heavy atom. The summed E-state index contributed by atoms with van der Waals surface area (Å²) in [6, 6.07) is 15.9. The lowest BCUT2D eigenvalue weighted by Crippen LogP contribution is -2.13. The summed E-state index contributed by atoms with van der Waals surface area (Å²) in [6.45, 7) is 4.34. The van der Waals surface area contributed by atoms with E-state index in [4.69, 9.17) is 0 Å². The predicted molar refractivity (Wildman–Crippen MR) is 96.8 cm³/mol. The highest BCUT2D eigenvalue weighted by Gasteiger charge is 2.12. The van der Waals surface area contributed by atoms with Gasteiger partial charge in [0.05, 0.1) is 0 Å². The summed E-state index contributed by atoms with van der Waals surface area (Å²) in [5, 5.41) is 3.05. The second kappa shape index (κ2) is 8.04. The number of hydrogen-bond acceptors (Lipinski definition) is 2. The van der Waals surface area contributed by atoms with Gasteiger partial charge in [0, 0.05) is 17.0 Å². The van der Waals surface area contributed by atoms with Gasteiger partial charge in [-0.2, -0.15) is 11.8 Å². The van der Waals surface area contributed by atoms with E-state index >= 15 is 0 Å². The van der Waals surface area contributed by atoms with Crippen LogP contribution in [0.2, 0.25) is 0 Å². The average Bonchev–Trinajstić information content (AvgIpc) is 2.55. The molecule has 0 aliphatic carbocycles. The van der Waals surface area contributed by atoms with Crippen molar-refractivity contribution in [2.24, 2.45) is 0 Å². The molecule has 0 radical (unpaired) electrons. The molecule has 2 aromatic carbocycles. The summed E-state index contributed by atoms with van der Waals surface area (Å²) in [5.41, 5.74) is 4.04. The highest BCUT2D eigenvalue weighted by molar-refractivity contribution is 7.97. The smallest absolute Gasteiger partial charge is 0.255 e. The van der Waals surface area contributed by atoms with Crippen LogP contribution in [0, 0.1) is 0 Å². The van der Waals surface area contributed by atoms with Gasteiger partial charge in [0.25, 0.3) is 5.91 Å². The van der Waals surface area contributed by atoms with Crippen LogP contribution in [0.15, 0.2) is 48.5 Å². The first-order valence-electron chi connectivity index (χ1n) is 7.63. The highest BCUT2D eigenvalue weighted by atomic mass is 32.2. The summed E-state index contributed by atoms with van der Waals surface area (Å²) < 4.78 is 0. The van der Waals surface area contributed by atoms with Gasteiger partial charge in [0.2, 0.25) is 0 Å². The molecule has 0 saturated heterocycles. The van der Waals surface area contributed by atoms with Crippen molar-refractivity contribution < 1.29 is 4.79 Å². The molecule has 0 spiro atoms. The fourth-order valence-electron chi connectivity index (χ4n) is 2.37. The standard InChI is InChI=1S/C19H23NOS/c1-4-14(2)17-7-5-6-8-18(17)20-19(21)16-11-9-15(10-12-16)13-22-3/h5-12,14H,4,13H2,1-3H3,(H,20,21). The summed E-state index contributed by atoms with van der Waals surface area (Å²) in [7, 11) is 0. The van der Waals surface area contributed by atoms with Gasteiger partial charge in [0.1, 0.15) is 0 Å². The van der Waals surface area contributed by atoms with E-state index in [-0.39, 0.29) is 5.91 Å². The van der Waals surface area contributed by atoms with Gasteiger partial charge in [-0.3, -0.25) is 4.79 Å². The molecule has 1 unspecified atom stereocenters. The first-order valence-corrected chi connectivity index (χ1v) is 9.03. The molecule has 0 aromatic heterocycles. The molecule has 1 atom stereocenters. The Morgan fingerprint density at radius 2 is 1.82 bits per heavy atom. The van der Waals surface area contributed by atoms with Crippen LogP contribution in [0.1, 0.15) is 47.7 Å². The zero-order valence-electron chi connectivity index (χ0n) is 13.4. The van der Waals surface area contributed by atoms with Gasteiger partial charge in [-0.1, -0.05) is 44.2 Å². The predicted octanol–water partition coefficient (Wildman–Crippen LogP) is 5.32. The van der Waals surface area contributed by atoms with E-state index < -0.39 is 0 Å². The Bertz CT molecular complexity index is 622. The zero-order valence-corrected chi connectivity index (χ0v) is 14.2. The number of anilines is 1. The van der Waals surface area contributed by atoms with Crippen LogP contribution < -0.4 is 5.32 Å². The van der Waals surface area contributed by atoms with Crippen molar-refractivity contribution in [2.45, 2.75) is 31.9 Å². The fourth-order valence-corrected chi connectivity index (χ4v) is 2.90. The van der Waals surface area contributed by atoms with E-state index in [0.717, 1.165) is 17.9 Å². The lowest BCUT2D eigenvalue weighted by Gasteiger charge is -2.15. The lowest BCUT2D eigenvalue weighted by atomic mass is 9.97. The lowest BCUT2D eigenvalue weighted by molar-refractivity contribution is 0.102. The van der Waals surface area contributed by atoms with Crippen LogP contribution in [0.3, 0.4) is 0 Å². The van der Waals surface area contributed by atoms with Crippen molar-refractivity contribution in [2.75, 3.05) is 11.6 Å². The quantitative estimate of drug-likeness (QED) is 0.782. The number of carbonyl (C=O) groups excluding carboxylic acids is 1. The minimum atomic E-state index is -0.0496. The third-order valence-corrected chi connectivity index (χ3v) is 4.50. The van der Waals surface area contributed by atoms with E-state index in [2.05, 4.69) is 31.5 Å². The minimum Gasteiger partial charge on any atom is -0.322 e. The van der Waals surface area contributed by atoms with Crippen molar-refractivity contribution in [3.63, 3.8) is 0 Å². The van der Waals surface area contributed by atoms with Crippen LogP contribution in [-0.4, -0.2) is 12.2 Å². The van der Waals surface area contributed by atoms with Crippen LogP contribution >= 0.6 is 11.8 Å². The second-order valence-corrected chi connectivity index (χ2v) is 6.35. The highest BCUT2D eigenvalue weighted by Crippen LogP contribution is 2.26. The molecular weight excluding hydrogens is 290 g/mol. The number of rotatable bonds is 6. The fraction of sp³-hybridized carbons (Fsp3) is 0.316. The molecular formula is C19H23NOS. The Morgan fingerprint density at radius 1 is 1.14 bits per heavy atom. The van der Waals surface area contributed by atoms with Crippen LogP contribution in [-0.2, 0) is 5.75 Å². The number of nitrogens with one attached hydrogen (secondary N) is 1. The Hall–Kier alpha value is -1.74. The molecule has 1 N–H and O–H groups in total. The molecule has 0 fully saturated rings. The average molecular weight is 313 g/mol. The summed E-state index contributed by atoms with van der Waals surface area (Å²) in [4.78, 5) is 12.4. The number of thioether (sulfide) groups is 1. The van der Waals surface area contributed by atoms with Crippen molar-refractivity contribution in [3.8, 4) is 0 Å². The number of carbonyl (C=O) groups is 1. The van der Waals surface area contributed by atoms with Crippen molar-refractivity contribution in [1.82, 2.24) is 0 Å². The van der Waals surface area contributed by atoms with Gasteiger partial charge in [0.15, 0.2) is 0 Å². The molecule has 22 heavy (non-hydrogen) atoms. The van der Waals surface area contributed by atoms with Crippen LogP contribution in [0.5, 0.6) is 0 Å². The monoisotopic (exact) mass is 313 g/mol. The number of amides is 1. The molecule has 2 nitrogen and oxygen atoms in total. The van der Waals surface area contributed by atoms with E-state index in [0.29, 0.717) is 11.5 Å². The normalized spacial score (nSPS) is 12.0. The van der Waals surface area contributed by atoms with E-state index in [9.17, 15) is 4.79 Å². The first-order chi connectivity index (χ1) is 10.7.